The molecule has 1 N–H and O–H groups in total. The minimum absolute atomic E-state index is 0.131. The van der Waals surface area contributed by atoms with Gasteiger partial charge in [-0.1, -0.05) is 6.07 Å². The zero-order valence-electron chi connectivity index (χ0n) is 15.5. The predicted octanol–water partition coefficient (Wildman–Crippen LogP) is 3.50. The van der Waals surface area contributed by atoms with Crippen LogP contribution in [0, 0.1) is 0 Å². The molecule has 0 unspecified atom stereocenters. The Morgan fingerprint density at radius 2 is 2.19 bits per heavy atom. The molecule has 140 valence electrons. The molecule has 0 amide bonds. The molecule has 6 nitrogen and oxygen atoms in total. The van der Waals surface area contributed by atoms with Crippen LogP contribution in [0.3, 0.4) is 0 Å². The highest BCUT2D eigenvalue weighted by Gasteiger charge is 2.23. The molecule has 0 aliphatic carbocycles. The highest BCUT2D eigenvalue weighted by molar-refractivity contribution is 5.61. The van der Waals surface area contributed by atoms with Gasteiger partial charge in [0.15, 0.2) is 11.5 Å². The van der Waals surface area contributed by atoms with E-state index >= 15 is 0 Å². The Balaban J connectivity index is 1.54. The summed E-state index contributed by atoms with van der Waals surface area (Å²) in [4.78, 5) is 11.2. The molecule has 6 heteroatoms. The number of hydrogen-bond acceptors (Lipinski definition) is 5. The Hall–Kier alpha value is -2.86. The Morgan fingerprint density at radius 3 is 2.96 bits per heavy atom. The second-order valence-electron chi connectivity index (χ2n) is 6.94. The number of piperidine rings is 1. The molecule has 1 aliphatic heterocycles. The summed E-state index contributed by atoms with van der Waals surface area (Å²) in [6.07, 6.45) is 9.88. The second kappa shape index (κ2) is 7.80. The van der Waals surface area contributed by atoms with Gasteiger partial charge in [-0.2, -0.15) is 0 Å². The molecule has 4 rings (SSSR count). The van der Waals surface area contributed by atoms with Crippen LogP contribution in [0.1, 0.15) is 24.4 Å². The van der Waals surface area contributed by atoms with Gasteiger partial charge < -0.3 is 14.4 Å². The minimum atomic E-state index is 0.131. The maximum atomic E-state index is 10.1. The van der Waals surface area contributed by atoms with Crippen LogP contribution in [0.5, 0.6) is 11.5 Å². The van der Waals surface area contributed by atoms with Gasteiger partial charge in [-0.15, -0.1) is 0 Å². The highest BCUT2D eigenvalue weighted by atomic mass is 16.5. The number of benzene rings is 1. The largest absolute Gasteiger partial charge is 0.504 e. The maximum absolute atomic E-state index is 10.1. The SMILES string of the molecule is COc1ccc(-c2nccn2[C@H]2CCCN(Cc3cccnc3)C2)cc1O. The van der Waals surface area contributed by atoms with Crippen LogP contribution in [0.15, 0.2) is 55.1 Å². The lowest BCUT2D eigenvalue weighted by Gasteiger charge is -2.34. The number of phenols is 1. The lowest BCUT2D eigenvalue weighted by atomic mass is 10.0. The van der Waals surface area contributed by atoms with Crippen molar-refractivity contribution in [1.82, 2.24) is 19.4 Å². The monoisotopic (exact) mass is 364 g/mol. The molecule has 3 aromatic rings. The van der Waals surface area contributed by atoms with Crippen molar-refractivity contribution < 1.29 is 9.84 Å². The smallest absolute Gasteiger partial charge is 0.160 e. The number of aromatic hydroxyl groups is 1. The third kappa shape index (κ3) is 3.80. The van der Waals surface area contributed by atoms with Crippen LogP contribution in [-0.2, 0) is 6.54 Å². The van der Waals surface area contributed by atoms with E-state index in [0.717, 1.165) is 43.9 Å². The van der Waals surface area contributed by atoms with E-state index in [1.54, 1.807) is 19.2 Å². The van der Waals surface area contributed by atoms with Gasteiger partial charge in [0.2, 0.25) is 0 Å². The van der Waals surface area contributed by atoms with E-state index in [1.165, 1.54) is 5.56 Å². The van der Waals surface area contributed by atoms with Crippen molar-refractivity contribution in [3.63, 3.8) is 0 Å². The van der Waals surface area contributed by atoms with Crippen molar-refractivity contribution in [1.29, 1.82) is 0 Å². The van der Waals surface area contributed by atoms with Crippen molar-refractivity contribution in [2.75, 3.05) is 20.2 Å². The van der Waals surface area contributed by atoms with Crippen molar-refractivity contribution >= 4 is 0 Å². The van der Waals surface area contributed by atoms with Crippen LogP contribution in [0.4, 0.5) is 0 Å². The number of aromatic nitrogens is 3. The average molecular weight is 364 g/mol. The minimum Gasteiger partial charge on any atom is -0.504 e. The number of pyridine rings is 1. The van der Waals surface area contributed by atoms with Gasteiger partial charge in [-0.05, 0) is 49.2 Å². The van der Waals surface area contributed by atoms with Crippen molar-refractivity contribution in [2.24, 2.45) is 0 Å². The fourth-order valence-corrected chi connectivity index (χ4v) is 3.81. The average Bonchev–Trinajstić information content (AvgIpc) is 3.19. The van der Waals surface area contributed by atoms with Gasteiger partial charge in [0.25, 0.3) is 0 Å². The molecule has 1 fully saturated rings. The van der Waals surface area contributed by atoms with Crippen LogP contribution < -0.4 is 4.74 Å². The molecule has 0 spiro atoms. The van der Waals surface area contributed by atoms with Crippen LogP contribution in [-0.4, -0.2) is 44.7 Å². The second-order valence-corrected chi connectivity index (χ2v) is 6.94. The molecular weight excluding hydrogens is 340 g/mol. The van der Waals surface area contributed by atoms with E-state index in [1.807, 2.05) is 36.9 Å². The van der Waals surface area contributed by atoms with Crippen molar-refractivity contribution in [3.8, 4) is 22.9 Å². The first-order valence-electron chi connectivity index (χ1n) is 9.26. The number of likely N-dealkylation sites (tertiary alicyclic amines) is 1. The number of hydrogen-bond donors (Lipinski definition) is 1. The summed E-state index contributed by atoms with van der Waals surface area (Å²) in [7, 11) is 1.55. The van der Waals surface area contributed by atoms with Gasteiger partial charge >= 0.3 is 0 Å². The van der Waals surface area contributed by atoms with E-state index in [4.69, 9.17) is 4.74 Å². The molecule has 27 heavy (non-hydrogen) atoms. The molecule has 0 radical (unpaired) electrons. The Bertz CT molecular complexity index is 894. The third-order valence-corrected chi connectivity index (χ3v) is 5.11. The van der Waals surface area contributed by atoms with Gasteiger partial charge in [-0.25, -0.2) is 4.98 Å². The van der Waals surface area contributed by atoms with E-state index < -0.39 is 0 Å². The lowest BCUT2D eigenvalue weighted by molar-refractivity contribution is 0.171. The first kappa shape index (κ1) is 17.5. The Kier molecular flexibility index (Phi) is 5.07. The molecule has 2 aromatic heterocycles. The van der Waals surface area contributed by atoms with Gasteiger partial charge in [0.05, 0.1) is 7.11 Å². The summed E-state index contributed by atoms with van der Waals surface area (Å²) in [5, 5.41) is 10.1. The maximum Gasteiger partial charge on any atom is 0.160 e. The topological polar surface area (TPSA) is 63.4 Å². The normalized spacial score (nSPS) is 17.7. The number of phenolic OH excluding ortho intramolecular Hbond substituents is 1. The van der Waals surface area contributed by atoms with E-state index in [9.17, 15) is 5.11 Å². The summed E-state index contributed by atoms with van der Waals surface area (Å²) in [5.41, 5.74) is 2.13. The van der Waals surface area contributed by atoms with Crippen LogP contribution in [0.2, 0.25) is 0 Å². The van der Waals surface area contributed by atoms with Gasteiger partial charge in [0.1, 0.15) is 5.82 Å². The van der Waals surface area contributed by atoms with Crippen LogP contribution in [0.25, 0.3) is 11.4 Å². The number of imidazole rings is 1. The summed E-state index contributed by atoms with van der Waals surface area (Å²) in [5.74, 6) is 1.48. The molecule has 1 atom stereocenters. The summed E-state index contributed by atoms with van der Waals surface area (Å²) >= 11 is 0. The van der Waals surface area contributed by atoms with Crippen molar-refractivity contribution in [2.45, 2.75) is 25.4 Å². The van der Waals surface area contributed by atoms with E-state index in [2.05, 4.69) is 25.5 Å². The first-order valence-corrected chi connectivity index (χ1v) is 9.26. The summed E-state index contributed by atoms with van der Waals surface area (Å²) in [6.45, 7) is 2.98. The molecule has 1 saturated heterocycles. The Morgan fingerprint density at radius 1 is 1.26 bits per heavy atom. The number of ether oxygens (including phenoxy) is 1. The number of nitrogens with zero attached hydrogens (tertiary/aromatic N) is 4. The van der Waals surface area contributed by atoms with E-state index in [-0.39, 0.29) is 5.75 Å². The highest BCUT2D eigenvalue weighted by Crippen LogP contribution is 2.33. The molecule has 0 saturated carbocycles. The van der Waals surface area contributed by atoms with Crippen molar-refractivity contribution in [3.05, 3.63) is 60.7 Å². The quantitative estimate of drug-likeness (QED) is 0.751. The molecule has 3 heterocycles. The fourth-order valence-electron chi connectivity index (χ4n) is 3.81. The zero-order chi connectivity index (χ0) is 18.6. The van der Waals surface area contributed by atoms with E-state index in [0.29, 0.717) is 11.8 Å². The van der Waals surface area contributed by atoms with Gasteiger partial charge in [0, 0.05) is 49.5 Å². The predicted molar refractivity (Wildman–Crippen MR) is 104 cm³/mol. The first-order chi connectivity index (χ1) is 13.2. The third-order valence-electron chi connectivity index (χ3n) is 5.11. The number of methoxy groups -OCH3 is 1. The summed E-state index contributed by atoms with van der Waals surface area (Å²) < 4.78 is 7.38. The Labute approximate surface area is 159 Å². The molecular formula is C21H24N4O2. The zero-order valence-corrected chi connectivity index (χ0v) is 15.5. The lowest BCUT2D eigenvalue weighted by Crippen LogP contribution is -2.36. The van der Waals surface area contributed by atoms with Crippen LogP contribution >= 0.6 is 0 Å². The van der Waals surface area contributed by atoms with Gasteiger partial charge in [-0.3, -0.25) is 9.88 Å². The fraction of sp³-hybridized carbons (Fsp3) is 0.333. The molecule has 1 aliphatic rings. The molecule has 0 bridgehead atoms. The molecule has 1 aromatic carbocycles. The summed E-state index contributed by atoms with van der Waals surface area (Å²) in [6, 6.07) is 9.90. The number of rotatable bonds is 5. The standard InChI is InChI=1S/C21H24N4O2/c1-27-20-7-6-17(12-19(20)26)21-23-9-11-25(21)18-5-3-10-24(15-18)14-16-4-2-8-22-13-16/h2,4,6-9,11-13,18,26H,3,5,10,14-15H2,1H3/t18-/m0/s1.